The van der Waals surface area contributed by atoms with Gasteiger partial charge in [-0.1, -0.05) is 42.5 Å². The third-order valence-electron chi connectivity index (χ3n) is 4.71. The zero-order valence-electron chi connectivity index (χ0n) is 16.7. The van der Waals surface area contributed by atoms with Gasteiger partial charge in [0.05, 0.1) is 18.4 Å². The van der Waals surface area contributed by atoms with E-state index in [2.05, 4.69) is 10.0 Å². The molecule has 1 heterocycles. The lowest BCUT2D eigenvalue weighted by Crippen LogP contribution is -2.27. The number of carbonyl (C=O) groups excluding carboxylic acids is 2. The number of benzene rings is 2. The molecule has 0 spiro atoms. The minimum absolute atomic E-state index is 0.0666. The average molecular weight is 429 g/mol. The first-order valence-electron chi connectivity index (χ1n) is 9.23. The van der Waals surface area contributed by atoms with E-state index in [1.54, 1.807) is 0 Å². The maximum absolute atomic E-state index is 12.3. The van der Waals surface area contributed by atoms with Crippen molar-refractivity contribution in [3.05, 3.63) is 71.0 Å². The topological polar surface area (TPSA) is 116 Å². The van der Waals surface area contributed by atoms with Crippen LogP contribution in [0.15, 0.2) is 59.9 Å². The normalized spacial score (nSPS) is 14.3. The summed E-state index contributed by atoms with van der Waals surface area (Å²) in [5, 5.41) is 12.5. The number of likely N-dealkylation sites (N-methyl/N-ethyl adjacent to an activating group) is 1. The SMILES string of the molecule is CN1CC(C(=O)NCc2cccc(-c3ccc(CNS(C)(=O)=O)cc3)c2)=C(O)C1=O. The van der Waals surface area contributed by atoms with Gasteiger partial charge in [-0.2, -0.15) is 0 Å². The summed E-state index contributed by atoms with van der Waals surface area (Å²) in [6.45, 7) is 0.556. The molecule has 0 aliphatic carbocycles. The highest BCUT2D eigenvalue weighted by molar-refractivity contribution is 7.88. The summed E-state index contributed by atoms with van der Waals surface area (Å²) in [4.78, 5) is 25.2. The molecule has 9 heteroatoms. The molecule has 8 nitrogen and oxygen atoms in total. The number of hydrogen-bond donors (Lipinski definition) is 3. The molecule has 0 saturated heterocycles. The van der Waals surface area contributed by atoms with Crippen molar-refractivity contribution < 1.29 is 23.1 Å². The zero-order valence-corrected chi connectivity index (χ0v) is 17.5. The van der Waals surface area contributed by atoms with E-state index in [0.29, 0.717) is 0 Å². The molecule has 30 heavy (non-hydrogen) atoms. The highest BCUT2D eigenvalue weighted by Gasteiger charge is 2.31. The minimum atomic E-state index is -3.24. The molecule has 158 valence electrons. The van der Waals surface area contributed by atoms with Crippen molar-refractivity contribution in [3.63, 3.8) is 0 Å². The van der Waals surface area contributed by atoms with Crippen LogP contribution in [0.1, 0.15) is 11.1 Å². The maximum atomic E-state index is 12.3. The van der Waals surface area contributed by atoms with E-state index in [1.807, 2.05) is 48.5 Å². The quantitative estimate of drug-likeness (QED) is 0.614. The summed E-state index contributed by atoms with van der Waals surface area (Å²) in [5.74, 6) is -1.54. The first-order chi connectivity index (χ1) is 14.1. The van der Waals surface area contributed by atoms with Crippen LogP contribution in [0, 0.1) is 0 Å². The van der Waals surface area contributed by atoms with Crippen molar-refractivity contribution >= 4 is 21.8 Å². The van der Waals surface area contributed by atoms with Gasteiger partial charge in [-0.3, -0.25) is 9.59 Å². The molecule has 1 aliphatic rings. The van der Waals surface area contributed by atoms with E-state index in [1.165, 1.54) is 11.9 Å². The third-order valence-corrected chi connectivity index (χ3v) is 5.38. The smallest absolute Gasteiger partial charge is 0.289 e. The van der Waals surface area contributed by atoms with Crippen LogP contribution < -0.4 is 10.0 Å². The standard InChI is InChI=1S/C21H23N3O5S/c1-24-13-18(19(25)21(24)27)20(26)22-11-15-4-3-5-17(10-15)16-8-6-14(7-9-16)12-23-30(2,28)29/h3-10,23,25H,11-13H2,1-2H3,(H,22,26). The van der Waals surface area contributed by atoms with Crippen LogP contribution in [0.2, 0.25) is 0 Å². The molecule has 2 amide bonds. The van der Waals surface area contributed by atoms with Crippen molar-refractivity contribution in [2.24, 2.45) is 0 Å². The third kappa shape index (κ3) is 5.25. The van der Waals surface area contributed by atoms with Gasteiger partial charge in [-0.15, -0.1) is 0 Å². The van der Waals surface area contributed by atoms with Crippen molar-refractivity contribution in [3.8, 4) is 11.1 Å². The van der Waals surface area contributed by atoms with Gasteiger partial charge >= 0.3 is 0 Å². The van der Waals surface area contributed by atoms with E-state index in [-0.39, 0.29) is 25.2 Å². The Balaban J connectivity index is 1.65. The van der Waals surface area contributed by atoms with E-state index >= 15 is 0 Å². The van der Waals surface area contributed by atoms with Gasteiger partial charge < -0.3 is 15.3 Å². The first kappa shape index (κ1) is 21.5. The highest BCUT2D eigenvalue weighted by atomic mass is 32.2. The van der Waals surface area contributed by atoms with Gasteiger partial charge in [-0.25, -0.2) is 13.1 Å². The van der Waals surface area contributed by atoms with Gasteiger partial charge in [0, 0.05) is 20.1 Å². The second-order valence-electron chi connectivity index (χ2n) is 7.16. The molecule has 0 saturated carbocycles. The summed E-state index contributed by atoms with van der Waals surface area (Å²) < 4.78 is 24.8. The number of nitrogens with zero attached hydrogens (tertiary/aromatic N) is 1. The number of amides is 2. The predicted octanol–water partition coefficient (Wildman–Crippen LogP) is 1.30. The van der Waals surface area contributed by atoms with Crippen LogP contribution in [0.3, 0.4) is 0 Å². The van der Waals surface area contributed by atoms with Crippen molar-refractivity contribution in [2.45, 2.75) is 13.1 Å². The van der Waals surface area contributed by atoms with E-state index in [9.17, 15) is 23.1 Å². The molecule has 2 aromatic rings. The van der Waals surface area contributed by atoms with Crippen molar-refractivity contribution in [2.75, 3.05) is 19.8 Å². The molecule has 1 aliphatic heterocycles. The van der Waals surface area contributed by atoms with Gasteiger partial charge in [0.15, 0.2) is 5.76 Å². The summed E-state index contributed by atoms with van der Waals surface area (Å²) >= 11 is 0. The molecule has 3 rings (SSSR count). The molecule has 0 atom stereocenters. The Kier molecular flexibility index (Phi) is 6.23. The molecule has 0 bridgehead atoms. The Hall–Kier alpha value is -3.17. The molecule has 3 N–H and O–H groups in total. The molecular weight excluding hydrogens is 406 g/mol. The van der Waals surface area contributed by atoms with Crippen LogP contribution in [-0.4, -0.2) is 50.1 Å². The summed E-state index contributed by atoms with van der Waals surface area (Å²) in [6.07, 6.45) is 1.12. The fraction of sp³-hybridized carbons (Fsp3) is 0.238. The Morgan fingerprint density at radius 2 is 1.77 bits per heavy atom. The fourth-order valence-corrected chi connectivity index (χ4v) is 3.48. The van der Waals surface area contributed by atoms with Crippen LogP contribution >= 0.6 is 0 Å². The van der Waals surface area contributed by atoms with Crippen LogP contribution in [0.25, 0.3) is 11.1 Å². The van der Waals surface area contributed by atoms with Crippen molar-refractivity contribution in [1.29, 1.82) is 0 Å². The molecule has 0 radical (unpaired) electrons. The van der Waals surface area contributed by atoms with Crippen LogP contribution in [0.4, 0.5) is 0 Å². The van der Waals surface area contributed by atoms with E-state index in [4.69, 9.17) is 0 Å². The summed E-state index contributed by atoms with van der Waals surface area (Å²) in [5.41, 5.74) is 3.67. The Labute approximate surface area is 175 Å². The van der Waals surface area contributed by atoms with Gasteiger partial charge in [-0.05, 0) is 28.3 Å². The van der Waals surface area contributed by atoms with Crippen LogP contribution in [0.5, 0.6) is 0 Å². The Morgan fingerprint density at radius 3 is 2.37 bits per heavy atom. The number of hydrogen-bond acceptors (Lipinski definition) is 5. The van der Waals surface area contributed by atoms with Gasteiger partial charge in [0.1, 0.15) is 0 Å². The number of aliphatic hydroxyl groups excluding tert-OH is 1. The van der Waals surface area contributed by atoms with E-state index in [0.717, 1.165) is 28.5 Å². The largest absolute Gasteiger partial charge is 0.503 e. The van der Waals surface area contributed by atoms with Gasteiger partial charge in [0.2, 0.25) is 10.0 Å². The van der Waals surface area contributed by atoms with Gasteiger partial charge in [0.25, 0.3) is 11.8 Å². The summed E-state index contributed by atoms with van der Waals surface area (Å²) in [6, 6.07) is 15.1. The molecule has 0 unspecified atom stereocenters. The molecular formula is C21H23N3O5S. The maximum Gasteiger partial charge on any atom is 0.289 e. The Morgan fingerprint density at radius 1 is 1.07 bits per heavy atom. The first-order valence-corrected chi connectivity index (χ1v) is 11.1. The van der Waals surface area contributed by atoms with Crippen LogP contribution in [-0.2, 0) is 32.7 Å². The Bertz CT molecular complexity index is 1110. The molecule has 2 aromatic carbocycles. The molecule has 0 aromatic heterocycles. The number of rotatable bonds is 7. The lowest BCUT2D eigenvalue weighted by Gasteiger charge is -2.10. The monoisotopic (exact) mass is 429 g/mol. The summed E-state index contributed by atoms with van der Waals surface area (Å²) in [7, 11) is -1.73. The number of nitrogens with one attached hydrogen (secondary N) is 2. The van der Waals surface area contributed by atoms with Crippen molar-refractivity contribution in [1.82, 2.24) is 14.9 Å². The second kappa shape index (κ2) is 8.68. The molecule has 0 fully saturated rings. The number of aliphatic hydroxyl groups is 1. The van der Waals surface area contributed by atoms with E-state index < -0.39 is 27.6 Å². The average Bonchev–Trinajstić information content (AvgIpc) is 2.98. The number of sulfonamides is 1. The number of carbonyl (C=O) groups is 2. The lowest BCUT2D eigenvalue weighted by atomic mass is 10.0. The highest BCUT2D eigenvalue weighted by Crippen LogP contribution is 2.21. The fourth-order valence-electron chi connectivity index (χ4n) is 3.05. The lowest BCUT2D eigenvalue weighted by molar-refractivity contribution is -0.126. The predicted molar refractivity (Wildman–Crippen MR) is 113 cm³/mol. The zero-order chi connectivity index (χ0) is 21.9. The minimum Gasteiger partial charge on any atom is -0.503 e. The second-order valence-corrected chi connectivity index (χ2v) is 8.99.